The van der Waals surface area contributed by atoms with E-state index < -0.39 is 22.0 Å². The van der Waals surface area contributed by atoms with Crippen LogP contribution in [0.4, 0.5) is 4.39 Å². The summed E-state index contributed by atoms with van der Waals surface area (Å²) >= 11 is 0. The molecule has 2 unspecified atom stereocenters. The number of hydrogen-bond acceptors (Lipinski definition) is 5. The highest BCUT2D eigenvalue weighted by molar-refractivity contribution is 7.85. The first-order chi connectivity index (χ1) is 14.9. The van der Waals surface area contributed by atoms with Crippen molar-refractivity contribution >= 4 is 16.7 Å². The number of halogens is 1. The number of amides is 1. The fourth-order valence-electron chi connectivity index (χ4n) is 3.18. The Morgan fingerprint density at radius 1 is 1.16 bits per heavy atom. The molecule has 1 amide bonds. The van der Waals surface area contributed by atoms with E-state index in [1.54, 1.807) is 26.2 Å². The Labute approximate surface area is 183 Å². The molecule has 0 spiro atoms. The molecular weight excluding hydrogens is 419 g/mol. The maximum absolute atomic E-state index is 13.1. The Morgan fingerprint density at radius 3 is 2.42 bits per heavy atom. The van der Waals surface area contributed by atoms with Crippen LogP contribution in [0.15, 0.2) is 52.9 Å². The highest BCUT2D eigenvalue weighted by Crippen LogP contribution is 2.24. The van der Waals surface area contributed by atoms with Gasteiger partial charge >= 0.3 is 0 Å². The predicted octanol–water partition coefficient (Wildman–Crippen LogP) is 3.67. The molecule has 2 N–H and O–H groups in total. The first kappa shape index (κ1) is 22.8. The van der Waals surface area contributed by atoms with E-state index in [-0.39, 0.29) is 11.6 Å². The maximum atomic E-state index is 13.1. The summed E-state index contributed by atoms with van der Waals surface area (Å²) < 4.78 is 36.8. The molecule has 1 heterocycles. The Balaban J connectivity index is 1.68. The minimum Gasteiger partial charge on any atom is -0.441 e. The van der Waals surface area contributed by atoms with Gasteiger partial charge in [0.25, 0.3) is 0 Å². The van der Waals surface area contributed by atoms with Crippen LogP contribution in [-0.4, -0.2) is 27.5 Å². The van der Waals surface area contributed by atoms with Gasteiger partial charge in [-0.1, -0.05) is 24.3 Å². The van der Waals surface area contributed by atoms with Gasteiger partial charge in [-0.15, -0.1) is 0 Å². The van der Waals surface area contributed by atoms with Crippen molar-refractivity contribution in [3.8, 4) is 11.5 Å². The van der Waals surface area contributed by atoms with Crippen LogP contribution in [0.5, 0.6) is 0 Å². The van der Waals surface area contributed by atoms with E-state index in [1.807, 2.05) is 24.3 Å². The molecule has 8 heteroatoms. The molecular formula is C23H25FN2O4S. The highest BCUT2D eigenvalue weighted by Gasteiger charge is 2.25. The van der Waals surface area contributed by atoms with Crippen molar-refractivity contribution in [2.75, 3.05) is 7.11 Å². The number of benzene rings is 2. The van der Waals surface area contributed by atoms with E-state index in [0.29, 0.717) is 36.8 Å². The van der Waals surface area contributed by atoms with Crippen LogP contribution in [0.1, 0.15) is 29.0 Å². The van der Waals surface area contributed by atoms with Crippen molar-refractivity contribution in [3.05, 3.63) is 76.9 Å². The van der Waals surface area contributed by atoms with Gasteiger partial charge in [-0.25, -0.2) is 9.37 Å². The summed E-state index contributed by atoms with van der Waals surface area (Å²) in [5.74, 6) is 0.0788. The molecule has 0 saturated heterocycles. The van der Waals surface area contributed by atoms with Crippen LogP contribution in [0, 0.1) is 12.7 Å². The van der Waals surface area contributed by atoms with Crippen molar-refractivity contribution in [1.29, 1.82) is 0 Å². The average molecular weight is 445 g/mol. The zero-order valence-corrected chi connectivity index (χ0v) is 18.3. The Morgan fingerprint density at radius 2 is 1.81 bits per heavy atom. The van der Waals surface area contributed by atoms with E-state index in [1.165, 1.54) is 12.1 Å². The molecule has 6 nitrogen and oxygen atoms in total. The number of primary amides is 1. The molecule has 2 aromatic carbocycles. The molecule has 1 aromatic heterocycles. The van der Waals surface area contributed by atoms with E-state index in [0.717, 1.165) is 16.7 Å². The minimum absolute atomic E-state index is 0.0636. The van der Waals surface area contributed by atoms with Crippen molar-refractivity contribution in [3.63, 3.8) is 0 Å². The lowest BCUT2D eigenvalue weighted by Crippen LogP contribution is -2.33. The number of aryl methyl sites for hydroxylation is 2. The predicted molar refractivity (Wildman–Crippen MR) is 117 cm³/mol. The van der Waals surface area contributed by atoms with Crippen LogP contribution >= 0.6 is 0 Å². The number of carbonyl (C=O) groups excluding carboxylic acids is 1. The number of nitrogens with two attached hydrogens (primary N) is 1. The molecule has 31 heavy (non-hydrogen) atoms. The number of oxazole rings is 1. The monoisotopic (exact) mass is 444 g/mol. The zero-order valence-electron chi connectivity index (χ0n) is 17.5. The first-order valence-electron chi connectivity index (χ1n) is 9.83. The van der Waals surface area contributed by atoms with Gasteiger partial charge in [0.2, 0.25) is 11.8 Å². The molecule has 0 saturated carbocycles. The lowest BCUT2D eigenvalue weighted by molar-refractivity contribution is -0.117. The summed E-state index contributed by atoms with van der Waals surface area (Å²) in [5, 5.41) is -0.835. The Kier molecular flexibility index (Phi) is 7.70. The number of aromatic nitrogens is 1. The van der Waals surface area contributed by atoms with Crippen molar-refractivity contribution < 1.29 is 22.5 Å². The van der Waals surface area contributed by atoms with Crippen LogP contribution < -0.4 is 5.73 Å². The standard InChI is InChI=1S/C23H25FN2O4S/c1-15-20(26-23(30-15)18-8-3-17(4-9-18)13-29-2)14-31(28)21(22(25)27)12-7-16-5-10-19(24)11-6-16/h3-6,8-11,21H,7,12-14H2,1-2H3,(H2,25,27). The van der Waals surface area contributed by atoms with E-state index in [9.17, 15) is 13.4 Å². The van der Waals surface area contributed by atoms with Gasteiger partial charge < -0.3 is 14.9 Å². The Hall–Kier alpha value is -2.84. The molecule has 0 aliphatic carbocycles. The number of ether oxygens (including phenoxy) is 1. The summed E-state index contributed by atoms with van der Waals surface area (Å²) in [6.07, 6.45) is 0.773. The molecule has 0 bridgehead atoms. The second-order valence-electron chi connectivity index (χ2n) is 7.23. The van der Waals surface area contributed by atoms with Crippen LogP contribution in [-0.2, 0) is 39.1 Å². The van der Waals surface area contributed by atoms with Crippen molar-refractivity contribution in [1.82, 2.24) is 4.98 Å². The van der Waals surface area contributed by atoms with Crippen molar-refractivity contribution in [2.45, 2.75) is 37.4 Å². The fourth-order valence-corrected chi connectivity index (χ4v) is 4.56. The zero-order chi connectivity index (χ0) is 22.4. The minimum atomic E-state index is -1.56. The van der Waals surface area contributed by atoms with E-state index in [2.05, 4.69) is 4.98 Å². The van der Waals surface area contributed by atoms with Gasteiger partial charge in [0.1, 0.15) is 16.8 Å². The molecule has 2 atom stereocenters. The molecule has 3 rings (SSSR count). The van der Waals surface area contributed by atoms with Gasteiger partial charge in [0.15, 0.2) is 0 Å². The van der Waals surface area contributed by atoms with Gasteiger partial charge in [-0.05, 0) is 55.2 Å². The van der Waals surface area contributed by atoms with E-state index >= 15 is 0 Å². The normalized spacial score (nSPS) is 13.1. The SMILES string of the molecule is COCc1ccc(-c2nc(CS(=O)C(CCc3ccc(F)cc3)C(N)=O)c(C)o2)cc1. The lowest BCUT2D eigenvalue weighted by Gasteiger charge is -2.12. The molecule has 164 valence electrons. The van der Waals surface area contributed by atoms with E-state index in [4.69, 9.17) is 14.9 Å². The Bertz CT molecular complexity index is 1050. The second-order valence-corrected chi connectivity index (χ2v) is 8.85. The highest BCUT2D eigenvalue weighted by atomic mass is 32.2. The van der Waals surface area contributed by atoms with Gasteiger partial charge in [0, 0.05) is 23.5 Å². The van der Waals surface area contributed by atoms with Crippen LogP contribution in [0.3, 0.4) is 0 Å². The molecule has 0 aliphatic rings. The molecule has 0 aliphatic heterocycles. The third kappa shape index (κ3) is 6.08. The summed E-state index contributed by atoms with van der Waals surface area (Å²) in [5.41, 5.74) is 8.71. The fraction of sp³-hybridized carbons (Fsp3) is 0.304. The number of rotatable bonds is 10. The number of methoxy groups -OCH3 is 1. The topological polar surface area (TPSA) is 95.4 Å². The third-order valence-corrected chi connectivity index (χ3v) is 6.59. The number of carbonyl (C=O) groups is 1. The molecule has 0 fully saturated rings. The number of hydrogen-bond donors (Lipinski definition) is 1. The summed E-state index contributed by atoms with van der Waals surface area (Å²) in [4.78, 5) is 16.4. The van der Waals surface area contributed by atoms with Crippen molar-refractivity contribution in [2.24, 2.45) is 5.73 Å². The van der Waals surface area contributed by atoms with Gasteiger partial charge in [0.05, 0.1) is 18.1 Å². The summed E-state index contributed by atoms with van der Waals surface area (Å²) in [7, 11) is 0.0714. The van der Waals surface area contributed by atoms with Crippen LogP contribution in [0.25, 0.3) is 11.5 Å². The second kappa shape index (κ2) is 10.5. The quantitative estimate of drug-likeness (QED) is 0.515. The number of nitrogens with zero attached hydrogens (tertiary/aromatic N) is 1. The third-order valence-electron chi connectivity index (χ3n) is 4.93. The molecule has 0 radical (unpaired) electrons. The summed E-state index contributed by atoms with van der Waals surface area (Å²) in [6, 6.07) is 13.6. The largest absolute Gasteiger partial charge is 0.441 e. The lowest BCUT2D eigenvalue weighted by atomic mass is 10.1. The van der Waals surface area contributed by atoms with Gasteiger partial charge in [-0.2, -0.15) is 0 Å². The average Bonchev–Trinajstić information content (AvgIpc) is 3.10. The molecule has 3 aromatic rings. The maximum Gasteiger partial charge on any atom is 0.233 e. The first-order valence-corrected chi connectivity index (χ1v) is 11.2. The summed E-state index contributed by atoms with van der Waals surface area (Å²) in [6.45, 7) is 2.27. The van der Waals surface area contributed by atoms with Crippen LogP contribution in [0.2, 0.25) is 0 Å². The smallest absolute Gasteiger partial charge is 0.233 e. The van der Waals surface area contributed by atoms with Gasteiger partial charge in [-0.3, -0.25) is 9.00 Å².